The number of hydrogen-bond donors (Lipinski definition) is 2. The van der Waals surface area contributed by atoms with Crippen molar-refractivity contribution in [2.24, 2.45) is 5.92 Å². The molecule has 1 heterocycles. The molecule has 2 fully saturated rings. The Morgan fingerprint density at radius 1 is 1.25 bits per heavy atom. The molecule has 1 aliphatic carbocycles. The first kappa shape index (κ1) is 13.4. The van der Waals surface area contributed by atoms with Gasteiger partial charge in [0.15, 0.2) is 0 Å². The van der Waals surface area contributed by atoms with Gasteiger partial charge in [0.05, 0.1) is 0 Å². The monoisotopic (exact) mass is 274 g/mol. The molecule has 0 aromatic heterocycles. The Balaban J connectivity index is 1.39. The van der Waals surface area contributed by atoms with Crippen molar-refractivity contribution in [2.45, 2.75) is 31.2 Å². The van der Waals surface area contributed by atoms with E-state index in [-0.39, 0.29) is 0 Å². The van der Waals surface area contributed by atoms with Crippen LogP contribution in [0.2, 0.25) is 0 Å². The molecular formula is C16H22N2O2. The number of nitrogens with zero attached hydrogens (tertiary/aromatic N) is 1. The van der Waals surface area contributed by atoms with E-state index in [0.717, 1.165) is 19.4 Å². The van der Waals surface area contributed by atoms with E-state index in [0.29, 0.717) is 31.0 Å². The number of carboxylic acid groups (broad SMARTS) is 1. The molecule has 108 valence electrons. The highest BCUT2D eigenvalue weighted by Crippen LogP contribution is 2.40. The van der Waals surface area contributed by atoms with Crippen molar-refractivity contribution in [3.05, 3.63) is 35.9 Å². The number of piperidine rings is 1. The largest absolute Gasteiger partial charge is 0.465 e. The van der Waals surface area contributed by atoms with Gasteiger partial charge in [0.1, 0.15) is 0 Å². The van der Waals surface area contributed by atoms with Gasteiger partial charge in [-0.15, -0.1) is 0 Å². The molecule has 0 spiro atoms. The van der Waals surface area contributed by atoms with E-state index in [4.69, 9.17) is 5.11 Å². The van der Waals surface area contributed by atoms with Crippen LogP contribution in [-0.2, 0) is 0 Å². The molecule has 4 heteroatoms. The van der Waals surface area contributed by atoms with Gasteiger partial charge >= 0.3 is 6.09 Å². The summed E-state index contributed by atoms with van der Waals surface area (Å²) in [5, 5.41) is 12.6. The third-order valence-electron chi connectivity index (χ3n) is 4.57. The van der Waals surface area contributed by atoms with Crippen LogP contribution >= 0.6 is 0 Å². The third kappa shape index (κ3) is 3.12. The highest BCUT2D eigenvalue weighted by molar-refractivity contribution is 5.64. The van der Waals surface area contributed by atoms with E-state index < -0.39 is 6.09 Å². The molecule has 1 aromatic carbocycles. The Labute approximate surface area is 119 Å². The van der Waals surface area contributed by atoms with Gasteiger partial charge in [-0.05, 0) is 37.3 Å². The molecule has 1 saturated carbocycles. The lowest BCUT2D eigenvalue weighted by atomic mass is 9.97. The van der Waals surface area contributed by atoms with Gasteiger partial charge in [-0.25, -0.2) is 4.79 Å². The SMILES string of the molecule is O=C(O)N1CCC(CN[C@@H]2C[C@H]2c2ccccc2)CC1. The fourth-order valence-corrected chi connectivity index (χ4v) is 3.14. The number of nitrogens with one attached hydrogen (secondary N) is 1. The van der Waals surface area contributed by atoms with Crippen LogP contribution < -0.4 is 5.32 Å². The van der Waals surface area contributed by atoms with E-state index >= 15 is 0 Å². The van der Waals surface area contributed by atoms with Gasteiger partial charge < -0.3 is 15.3 Å². The van der Waals surface area contributed by atoms with Gasteiger partial charge in [-0.3, -0.25) is 0 Å². The molecule has 1 saturated heterocycles. The zero-order valence-corrected chi connectivity index (χ0v) is 11.7. The number of amides is 1. The minimum atomic E-state index is -0.775. The Morgan fingerprint density at radius 3 is 2.60 bits per heavy atom. The summed E-state index contributed by atoms with van der Waals surface area (Å²) in [5.74, 6) is 1.30. The average Bonchev–Trinajstić information content (AvgIpc) is 3.26. The first-order chi connectivity index (χ1) is 9.74. The highest BCUT2D eigenvalue weighted by Gasteiger charge is 2.38. The van der Waals surface area contributed by atoms with E-state index in [1.165, 1.54) is 16.9 Å². The number of benzene rings is 1. The molecular weight excluding hydrogens is 252 g/mol. The minimum Gasteiger partial charge on any atom is -0.465 e. The maximum atomic E-state index is 10.8. The van der Waals surface area contributed by atoms with Crippen LogP contribution in [0, 0.1) is 5.92 Å². The molecule has 4 nitrogen and oxygen atoms in total. The number of rotatable bonds is 4. The fraction of sp³-hybridized carbons (Fsp3) is 0.562. The van der Waals surface area contributed by atoms with E-state index in [9.17, 15) is 4.79 Å². The van der Waals surface area contributed by atoms with Crippen LogP contribution in [0.1, 0.15) is 30.7 Å². The molecule has 0 radical (unpaired) electrons. The van der Waals surface area contributed by atoms with Crippen molar-refractivity contribution >= 4 is 6.09 Å². The van der Waals surface area contributed by atoms with Gasteiger partial charge in [0, 0.05) is 25.0 Å². The number of hydrogen-bond acceptors (Lipinski definition) is 2. The van der Waals surface area contributed by atoms with Gasteiger partial charge in [0.2, 0.25) is 0 Å². The molecule has 1 amide bonds. The summed E-state index contributed by atoms with van der Waals surface area (Å²) in [6.07, 6.45) is 2.44. The first-order valence-corrected chi connectivity index (χ1v) is 7.50. The van der Waals surface area contributed by atoms with Crippen molar-refractivity contribution in [3.63, 3.8) is 0 Å². The Kier molecular flexibility index (Phi) is 3.92. The molecule has 2 aliphatic rings. The summed E-state index contributed by atoms with van der Waals surface area (Å²) in [4.78, 5) is 12.4. The van der Waals surface area contributed by atoms with Crippen LogP contribution in [-0.4, -0.2) is 41.8 Å². The second-order valence-electron chi connectivity index (χ2n) is 5.98. The molecule has 0 bridgehead atoms. The maximum absolute atomic E-state index is 10.8. The van der Waals surface area contributed by atoms with Crippen molar-refractivity contribution in [3.8, 4) is 0 Å². The Hall–Kier alpha value is -1.55. The van der Waals surface area contributed by atoms with Gasteiger partial charge in [-0.1, -0.05) is 30.3 Å². The normalized spacial score (nSPS) is 26.5. The smallest absolute Gasteiger partial charge is 0.407 e. The zero-order valence-electron chi connectivity index (χ0n) is 11.7. The van der Waals surface area contributed by atoms with Crippen LogP contribution in [0.25, 0.3) is 0 Å². The standard InChI is InChI=1S/C16H22N2O2/c19-16(20)18-8-6-12(7-9-18)11-17-15-10-14(15)13-4-2-1-3-5-13/h1-5,12,14-15,17H,6-11H2,(H,19,20)/t14-,15+/m0/s1. The van der Waals surface area contributed by atoms with Crippen LogP contribution in [0.15, 0.2) is 30.3 Å². The van der Waals surface area contributed by atoms with Crippen LogP contribution in [0.4, 0.5) is 4.79 Å². The van der Waals surface area contributed by atoms with E-state index in [2.05, 4.69) is 35.6 Å². The summed E-state index contributed by atoms with van der Waals surface area (Å²) in [6.45, 7) is 2.41. The summed E-state index contributed by atoms with van der Waals surface area (Å²) in [6, 6.07) is 11.3. The fourth-order valence-electron chi connectivity index (χ4n) is 3.14. The van der Waals surface area contributed by atoms with Crippen molar-refractivity contribution < 1.29 is 9.90 Å². The topological polar surface area (TPSA) is 52.6 Å². The number of likely N-dealkylation sites (tertiary alicyclic amines) is 1. The predicted molar refractivity (Wildman–Crippen MR) is 77.9 cm³/mol. The van der Waals surface area contributed by atoms with Crippen molar-refractivity contribution in [1.29, 1.82) is 0 Å². The molecule has 1 aromatic rings. The van der Waals surface area contributed by atoms with Crippen molar-refractivity contribution in [2.75, 3.05) is 19.6 Å². The lowest BCUT2D eigenvalue weighted by molar-refractivity contribution is 0.124. The Bertz CT molecular complexity index is 455. The molecule has 1 aliphatic heterocycles. The average molecular weight is 274 g/mol. The van der Waals surface area contributed by atoms with E-state index in [1.807, 2.05) is 0 Å². The minimum absolute atomic E-state index is 0.620. The Morgan fingerprint density at radius 2 is 1.95 bits per heavy atom. The third-order valence-corrected chi connectivity index (χ3v) is 4.57. The molecule has 2 atom stereocenters. The quantitative estimate of drug-likeness (QED) is 0.887. The lowest BCUT2D eigenvalue weighted by Crippen LogP contribution is -2.40. The second kappa shape index (κ2) is 5.83. The van der Waals surface area contributed by atoms with Gasteiger partial charge in [0.25, 0.3) is 0 Å². The predicted octanol–water partition coefficient (Wildman–Crippen LogP) is 2.52. The summed E-state index contributed by atoms with van der Waals surface area (Å²) < 4.78 is 0. The van der Waals surface area contributed by atoms with E-state index in [1.54, 1.807) is 0 Å². The molecule has 2 N–H and O–H groups in total. The first-order valence-electron chi connectivity index (χ1n) is 7.50. The summed E-state index contributed by atoms with van der Waals surface area (Å²) in [7, 11) is 0. The molecule has 0 unspecified atom stereocenters. The zero-order chi connectivity index (χ0) is 13.9. The highest BCUT2D eigenvalue weighted by atomic mass is 16.4. The van der Waals surface area contributed by atoms with Crippen LogP contribution in [0.3, 0.4) is 0 Å². The van der Waals surface area contributed by atoms with Gasteiger partial charge in [-0.2, -0.15) is 0 Å². The summed E-state index contributed by atoms with van der Waals surface area (Å²) >= 11 is 0. The lowest BCUT2D eigenvalue weighted by Gasteiger charge is -2.30. The second-order valence-corrected chi connectivity index (χ2v) is 5.98. The number of carbonyl (C=O) groups is 1. The van der Waals surface area contributed by atoms with Crippen LogP contribution in [0.5, 0.6) is 0 Å². The molecule has 3 rings (SSSR count). The maximum Gasteiger partial charge on any atom is 0.407 e. The summed E-state index contributed by atoms with van der Waals surface area (Å²) in [5.41, 5.74) is 1.44. The van der Waals surface area contributed by atoms with Crippen molar-refractivity contribution in [1.82, 2.24) is 10.2 Å². The molecule has 20 heavy (non-hydrogen) atoms.